The molecule has 0 unspecified atom stereocenters. The molecule has 0 atom stereocenters. The first-order valence-corrected chi connectivity index (χ1v) is 8.84. The molecule has 5 nitrogen and oxygen atoms in total. The third-order valence-corrected chi connectivity index (χ3v) is 3.60. The summed E-state index contributed by atoms with van der Waals surface area (Å²) in [5.41, 5.74) is 0.831. The summed E-state index contributed by atoms with van der Waals surface area (Å²) in [5, 5.41) is 2.92. The summed E-state index contributed by atoms with van der Waals surface area (Å²) in [4.78, 5) is 16.1. The fourth-order valence-electron chi connectivity index (χ4n) is 2.24. The van der Waals surface area contributed by atoms with Crippen molar-refractivity contribution >= 4 is 5.91 Å². The summed E-state index contributed by atoms with van der Waals surface area (Å²) in [6.07, 6.45) is 5.04. The van der Waals surface area contributed by atoms with Crippen LogP contribution in [0.15, 0.2) is 42.6 Å². The lowest BCUT2D eigenvalue weighted by Gasteiger charge is -2.14. The Hall–Kier alpha value is -2.56. The molecule has 0 bridgehead atoms. The maximum Gasteiger partial charge on any atom is 0.224 e. The lowest BCUT2D eigenvalue weighted by molar-refractivity contribution is -0.121. The van der Waals surface area contributed by atoms with Gasteiger partial charge in [-0.05, 0) is 31.0 Å². The number of carbonyl (C=O) groups is 1. The van der Waals surface area contributed by atoms with Crippen molar-refractivity contribution in [2.45, 2.75) is 46.1 Å². The molecule has 2 rings (SSSR count). The van der Waals surface area contributed by atoms with E-state index in [-0.39, 0.29) is 5.91 Å². The molecule has 0 aliphatic heterocycles. The van der Waals surface area contributed by atoms with Crippen molar-refractivity contribution in [3.63, 3.8) is 0 Å². The molecule has 134 valence electrons. The smallest absolute Gasteiger partial charge is 0.224 e. The minimum absolute atomic E-state index is 0.0448. The molecule has 0 spiro atoms. The van der Waals surface area contributed by atoms with Gasteiger partial charge in [-0.2, -0.15) is 0 Å². The average molecular weight is 342 g/mol. The van der Waals surface area contributed by atoms with Gasteiger partial charge in [-0.1, -0.05) is 38.5 Å². The highest BCUT2D eigenvalue weighted by Crippen LogP contribution is 2.31. The molecule has 1 aromatic carbocycles. The molecule has 1 N–H and O–H groups in total. The summed E-state index contributed by atoms with van der Waals surface area (Å²) in [6.45, 7) is 5.15. The predicted molar refractivity (Wildman–Crippen MR) is 97.9 cm³/mol. The number of aromatic nitrogens is 1. The van der Waals surface area contributed by atoms with Crippen LogP contribution >= 0.6 is 0 Å². The normalized spacial score (nSPS) is 10.3. The Kier molecular flexibility index (Phi) is 7.76. The van der Waals surface area contributed by atoms with E-state index in [0.717, 1.165) is 24.8 Å². The fourth-order valence-corrected chi connectivity index (χ4v) is 2.24. The average Bonchev–Trinajstić information content (AvgIpc) is 2.65. The van der Waals surface area contributed by atoms with Crippen LogP contribution in [0.4, 0.5) is 0 Å². The number of carbonyl (C=O) groups excluding carboxylic acids is 1. The third-order valence-electron chi connectivity index (χ3n) is 3.60. The van der Waals surface area contributed by atoms with Gasteiger partial charge in [0, 0.05) is 24.7 Å². The Labute approximate surface area is 149 Å². The fraction of sp³-hybridized carbons (Fsp3) is 0.400. The molecule has 25 heavy (non-hydrogen) atoms. The largest absolute Gasteiger partial charge is 0.490 e. The number of pyridine rings is 1. The molecular formula is C20H26N2O3. The van der Waals surface area contributed by atoms with Gasteiger partial charge in [-0.3, -0.25) is 4.79 Å². The van der Waals surface area contributed by atoms with E-state index in [4.69, 9.17) is 9.47 Å². The topological polar surface area (TPSA) is 60.5 Å². The Balaban J connectivity index is 2.07. The number of hydrogen-bond donors (Lipinski definition) is 1. The number of nitrogens with zero attached hydrogens (tertiary/aromatic N) is 1. The number of nitrogens with one attached hydrogen (secondary N) is 1. The highest BCUT2D eigenvalue weighted by molar-refractivity contribution is 5.75. The van der Waals surface area contributed by atoms with E-state index >= 15 is 0 Å². The third kappa shape index (κ3) is 6.10. The number of benzene rings is 1. The van der Waals surface area contributed by atoms with Crippen molar-refractivity contribution in [2.75, 3.05) is 6.61 Å². The van der Waals surface area contributed by atoms with Gasteiger partial charge < -0.3 is 14.8 Å². The highest BCUT2D eigenvalue weighted by Gasteiger charge is 2.11. The number of rotatable bonds is 10. The van der Waals surface area contributed by atoms with Gasteiger partial charge in [0.2, 0.25) is 11.8 Å². The van der Waals surface area contributed by atoms with Crippen LogP contribution in [0.2, 0.25) is 0 Å². The molecule has 0 aliphatic rings. The molecule has 0 fully saturated rings. The Bertz CT molecular complexity index is 673. The van der Waals surface area contributed by atoms with E-state index < -0.39 is 0 Å². The molecule has 0 aliphatic carbocycles. The van der Waals surface area contributed by atoms with Crippen LogP contribution in [0.1, 0.15) is 45.1 Å². The van der Waals surface area contributed by atoms with Crippen molar-refractivity contribution in [1.82, 2.24) is 10.3 Å². The zero-order valence-corrected chi connectivity index (χ0v) is 15.0. The second-order valence-corrected chi connectivity index (χ2v) is 5.75. The van der Waals surface area contributed by atoms with Crippen LogP contribution in [-0.4, -0.2) is 17.5 Å². The van der Waals surface area contributed by atoms with E-state index in [1.54, 1.807) is 6.20 Å². The van der Waals surface area contributed by atoms with Crippen LogP contribution in [0.5, 0.6) is 17.4 Å². The summed E-state index contributed by atoms with van der Waals surface area (Å²) >= 11 is 0. The van der Waals surface area contributed by atoms with Crippen molar-refractivity contribution in [2.24, 2.45) is 0 Å². The second-order valence-electron chi connectivity index (χ2n) is 5.75. The molecule has 0 saturated carbocycles. The lowest BCUT2D eigenvalue weighted by Crippen LogP contribution is -2.22. The number of hydrogen-bond acceptors (Lipinski definition) is 4. The van der Waals surface area contributed by atoms with Crippen LogP contribution in [0.25, 0.3) is 0 Å². The van der Waals surface area contributed by atoms with E-state index in [9.17, 15) is 4.79 Å². The van der Waals surface area contributed by atoms with Gasteiger partial charge in [0.25, 0.3) is 0 Å². The zero-order valence-electron chi connectivity index (χ0n) is 15.0. The van der Waals surface area contributed by atoms with Crippen molar-refractivity contribution in [3.05, 3.63) is 48.2 Å². The van der Waals surface area contributed by atoms with Crippen LogP contribution in [0, 0.1) is 0 Å². The maximum absolute atomic E-state index is 11.8. The van der Waals surface area contributed by atoms with Gasteiger partial charge in [0.1, 0.15) is 0 Å². The SMILES string of the molecule is CCCCC(=O)NCc1cccnc1Oc1ccccc1OCCC. The predicted octanol–water partition coefficient (Wildman–Crippen LogP) is 4.47. The van der Waals surface area contributed by atoms with Crippen LogP contribution in [-0.2, 0) is 11.3 Å². The summed E-state index contributed by atoms with van der Waals surface area (Å²) < 4.78 is 11.7. The first-order chi connectivity index (χ1) is 12.2. The summed E-state index contributed by atoms with van der Waals surface area (Å²) in [5.74, 6) is 1.83. The van der Waals surface area contributed by atoms with E-state index in [2.05, 4.69) is 24.1 Å². The molecule has 1 amide bonds. The standard InChI is InChI=1S/C20H26N2O3/c1-3-5-12-19(23)22-15-16-9-8-13-21-20(16)25-18-11-7-6-10-17(18)24-14-4-2/h6-11,13H,3-5,12,14-15H2,1-2H3,(H,22,23). The highest BCUT2D eigenvalue weighted by atomic mass is 16.5. The Morgan fingerprint density at radius 1 is 1.08 bits per heavy atom. The zero-order chi connectivity index (χ0) is 17.9. The second kappa shape index (κ2) is 10.3. The minimum Gasteiger partial charge on any atom is -0.490 e. The molecule has 0 saturated heterocycles. The molecule has 0 radical (unpaired) electrons. The van der Waals surface area contributed by atoms with E-state index in [1.807, 2.05) is 36.4 Å². The number of para-hydroxylation sites is 2. The summed E-state index contributed by atoms with van der Waals surface area (Å²) in [7, 11) is 0. The molecule has 2 aromatic rings. The van der Waals surface area contributed by atoms with E-state index in [0.29, 0.717) is 37.0 Å². The Morgan fingerprint density at radius 2 is 1.88 bits per heavy atom. The van der Waals surface area contributed by atoms with Crippen molar-refractivity contribution in [3.8, 4) is 17.4 Å². The first-order valence-electron chi connectivity index (χ1n) is 8.84. The monoisotopic (exact) mass is 342 g/mol. The van der Waals surface area contributed by atoms with Crippen LogP contribution < -0.4 is 14.8 Å². The molecule has 1 heterocycles. The minimum atomic E-state index is 0.0448. The quantitative estimate of drug-likeness (QED) is 0.692. The van der Waals surface area contributed by atoms with Crippen LogP contribution in [0.3, 0.4) is 0 Å². The van der Waals surface area contributed by atoms with Gasteiger partial charge in [-0.15, -0.1) is 0 Å². The molecule has 1 aromatic heterocycles. The lowest BCUT2D eigenvalue weighted by atomic mass is 10.2. The Morgan fingerprint density at radius 3 is 2.64 bits per heavy atom. The molecule has 5 heteroatoms. The van der Waals surface area contributed by atoms with Gasteiger partial charge in [0.05, 0.1) is 6.61 Å². The van der Waals surface area contributed by atoms with Crippen molar-refractivity contribution in [1.29, 1.82) is 0 Å². The maximum atomic E-state index is 11.8. The first kappa shape index (κ1) is 18.8. The summed E-state index contributed by atoms with van der Waals surface area (Å²) in [6, 6.07) is 11.3. The van der Waals surface area contributed by atoms with Gasteiger partial charge >= 0.3 is 0 Å². The van der Waals surface area contributed by atoms with Gasteiger partial charge in [0.15, 0.2) is 11.5 Å². The van der Waals surface area contributed by atoms with E-state index in [1.165, 1.54) is 0 Å². The van der Waals surface area contributed by atoms with Gasteiger partial charge in [-0.25, -0.2) is 4.98 Å². The number of ether oxygens (including phenoxy) is 2. The van der Waals surface area contributed by atoms with Crippen molar-refractivity contribution < 1.29 is 14.3 Å². The number of amides is 1. The molecular weight excluding hydrogens is 316 g/mol. The number of unbranched alkanes of at least 4 members (excludes halogenated alkanes) is 1.